The molecular weight excluding hydrogens is 376 g/mol. The SMILES string of the molecule is CCCCN(CC(=O)Nc1cc(C(C)(C)C)nn1-c1ccccc1C)C(=O)CCC. The molecule has 6 heteroatoms. The minimum absolute atomic E-state index is 0.0314. The van der Waals surface area contributed by atoms with Crippen LogP contribution in [0.3, 0.4) is 0 Å². The van der Waals surface area contributed by atoms with Crippen molar-refractivity contribution in [3.05, 3.63) is 41.6 Å². The zero-order chi connectivity index (χ0) is 22.3. The minimum atomic E-state index is -0.203. The number of rotatable bonds is 9. The molecule has 0 aliphatic heterocycles. The maximum atomic E-state index is 12.9. The summed E-state index contributed by atoms with van der Waals surface area (Å²) >= 11 is 0. The Balaban J connectivity index is 2.29. The number of aromatic nitrogens is 2. The van der Waals surface area contributed by atoms with Crippen LogP contribution in [0.4, 0.5) is 5.82 Å². The third-order valence-corrected chi connectivity index (χ3v) is 5.02. The molecule has 0 atom stereocenters. The molecule has 2 aromatic rings. The van der Waals surface area contributed by atoms with Crippen LogP contribution in [0.15, 0.2) is 30.3 Å². The van der Waals surface area contributed by atoms with Gasteiger partial charge in [0.25, 0.3) is 0 Å². The fourth-order valence-corrected chi connectivity index (χ4v) is 3.19. The molecule has 0 spiro atoms. The summed E-state index contributed by atoms with van der Waals surface area (Å²) in [6, 6.07) is 9.88. The first-order valence-corrected chi connectivity index (χ1v) is 10.9. The van der Waals surface area contributed by atoms with E-state index in [2.05, 4.69) is 33.0 Å². The van der Waals surface area contributed by atoms with Crippen molar-refractivity contribution < 1.29 is 9.59 Å². The highest BCUT2D eigenvalue weighted by molar-refractivity contribution is 5.94. The van der Waals surface area contributed by atoms with E-state index >= 15 is 0 Å². The zero-order valence-electron chi connectivity index (χ0n) is 19.3. The molecule has 30 heavy (non-hydrogen) atoms. The van der Waals surface area contributed by atoms with Gasteiger partial charge in [0.15, 0.2) is 0 Å². The molecule has 1 aromatic carbocycles. The topological polar surface area (TPSA) is 67.2 Å². The number of hydrogen-bond acceptors (Lipinski definition) is 3. The number of para-hydroxylation sites is 1. The Morgan fingerprint density at radius 2 is 1.83 bits per heavy atom. The number of nitrogens with zero attached hydrogens (tertiary/aromatic N) is 3. The Bertz CT molecular complexity index is 864. The monoisotopic (exact) mass is 412 g/mol. The lowest BCUT2D eigenvalue weighted by molar-refractivity contribution is -0.134. The smallest absolute Gasteiger partial charge is 0.245 e. The molecule has 0 unspecified atom stereocenters. The van der Waals surface area contributed by atoms with Crippen molar-refractivity contribution in [2.75, 3.05) is 18.4 Å². The van der Waals surface area contributed by atoms with E-state index in [0.29, 0.717) is 18.8 Å². The van der Waals surface area contributed by atoms with E-state index in [1.807, 2.05) is 44.2 Å². The summed E-state index contributed by atoms with van der Waals surface area (Å²) in [7, 11) is 0. The van der Waals surface area contributed by atoms with Crippen LogP contribution in [0.1, 0.15) is 71.6 Å². The first kappa shape index (κ1) is 23.6. The fraction of sp³-hybridized carbons (Fsp3) is 0.542. The van der Waals surface area contributed by atoms with Gasteiger partial charge in [-0.2, -0.15) is 5.10 Å². The lowest BCUT2D eigenvalue weighted by atomic mass is 9.92. The normalized spacial score (nSPS) is 11.4. The van der Waals surface area contributed by atoms with Crippen LogP contribution in [0.2, 0.25) is 0 Å². The number of nitrogens with one attached hydrogen (secondary N) is 1. The highest BCUT2D eigenvalue weighted by atomic mass is 16.2. The second-order valence-corrected chi connectivity index (χ2v) is 8.83. The van der Waals surface area contributed by atoms with Crippen molar-refractivity contribution >= 4 is 17.6 Å². The maximum absolute atomic E-state index is 12.9. The molecule has 0 saturated carbocycles. The van der Waals surface area contributed by atoms with Crippen LogP contribution >= 0.6 is 0 Å². The molecule has 2 rings (SSSR count). The molecule has 1 aromatic heterocycles. The van der Waals surface area contributed by atoms with Gasteiger partial charge < -0.3 is 10.2 Å². The minimum Gasteiger partial charge on any atom is -0.333 e. The molecule has 0 radical (unpaired) electrons. The average molecular weight is 413 g/mol. The van der Waals surface area contributed by atoms with Crippen molar-refractivity contribution in [1.82, 2.24) is 14.7 Å². The molecule has 164 valence electrons. The predicted octanol–water partition coefficient (Wildman–Crippen LogP) is 4.85. The molecule has 1 N–H and O–H groups in total. The van der Waals surface area contributed by atoms with Gasteiger partial charge in [0.2, 0.25) is 11.8 Å². The van der Waals surface area contributed by atoms with Crippen LogP contribution < -0.4 is 5.32 Å². The van der Waals surface area contributed by atoms with E-state index in [1.54, 1.807) is 9.58 Å². The molecule has 0 aliphatic carbocycles. The molecular formula is C24H36N4O2. The van der Waals surface area contributed by atoms with Crippen LogP contribution in [0, 0.1) is 6.92 Å². The second kappa shape index (κ2) is 10.4. The van der Waals surface area contributed by atoms with Gasteiger partial charge >= 0.3 is 0 Å². The highest BCUT2D eigenvalue weighted by Gasteiger charge is 2.23. The van der Waals surface area contributed by atoms with E-state index in [9.17, 15) is 9.59 Å². The van der Waals surface area contributed by atoms with Gasteiger partial charge in [0.05, 0.1) is 17.9 Å². The zero-order valence-corrected chi connectivity index (χ0v) is 19.3. The molecule has 0 bridgehead atoms. The second-order valence-electron chi connectivity index (χ2n) is 8.83. The summed E-state index contributed by atoms with van der Waals surface area (Å²) < 4.78 is 1.79. The van der Waals surface area contributed by atoms with E-state index in [1.165, 1.54) is 0 Å². The third-order valence-electron chi connectivity index (χ3n) is 5.02. The summed E-state index contributed by atoms with van der Waals surface area (Å²) in [5, 5.41) is 7.78. The Morgan fingerprint density at radius 3 is 2.43 bits per heavy atom. The summed E-state index contributed by atoms with van der Waals surface area (Å²) in [6.07, 6.45) is 3.11. The van der Waals surface area contributed by atoms with Crippen molar-refractivity contribution in [2.24, 2.45) is 0 Å². The maximum Gasteiger partial charge on any atom is 0.245 e. The number of carbonyl (C=O) groups is 2. The van der Waals surface area contributed by atoms with Crippen molar-refractivity contribution in [1.29, 1.82) is 0 Å². The largest absolute Gasteiger partial charge is 0.333 e. The first-order chi connectivity index (χ1) is 14.2. The van der Waals surface area contributed by atoms with Crippen LogP contribution in [0.25, 0.3) is 5.69 Å². The molecule has 0 fully saturated rings. The average Bonchev–Trinajstić information content (AvgIpc) is 3.09. The van der Waals surface area contributed by atoms with E-state index in [4.69, 9.17) is 5.10 Å². The van der Waals surface area contributed by atoms with Crippen molar-refractivity contribution in [3.8, 4) is 5.69 Å². The summed E-state index contributed by atoms with van der Waals surface area (Å²) in [5.41, 5.74) is 2.73. The Morgan fingerprint density at radius 1 is 1.13 bits per heavy atom. The first-order valence-electron chi connectivity index (χ1n) is 10.9. The number of anilines is 1. The molecule has 1 heterocycles. The predicted molar refractivity (Wildman–Crippen MR) is 122 cm³/mol. The summed E-state index contributed by atoms with van der Waals surface area (Å²) in [4.78, 5) is 27.0. The summed E-state index contributed by atoms with van der Waals surface area (Å²) in [5.74, 6) is 0.451. The van der Waals surface area contributed by atoms with Gasteiger partial charge in [-0.25, -0.2) is 4.68 Å². The van der Waals surface area contributed by atoms with E-state index in [-0.39, 0.29) is 23.8 Å². The quantitative estimate of drug-likeness (QED) is 0.640. The van der Waals surface area contributed by atoms with Crippen LogP contribution in [0.5, 0.6) is 0 Å². The molecule has 6 nitrogen and oxygen atoms in total. The standard InChI is InChI=1S/C24H36N4O2/c1-7-9-15-27(23(30)12-8-2)17-22(29)25-21-16-20(24(4,5)6)26-28(21)19-14-11-10-13-18(19)3/h10-11,13-14,16H,7-9,12,15,17H2,1-6H3,(H,25,29). The van der Waals surface area contributed by atoms with Crippen LogP contribution in [-0.2, 0) is 15.0 Å². The number of hydrogen-bond donors (Lipinski definition) is 1. The van der Waals surface area contributed by atoms with E-state index in [0.717, 1.165) is 36.2 Å². The molecule has 2 amide bonds. The third kappa shape index (κ3) is 6.18. The van der Waals surface area contributed by atoms with Crippen molar-refractivity contribution in [2.45, 2.75) is 72.6 Å². The van der Waals surface area contributed by atoms with Gasteiger partial charge in [-0.1, -0.05) is 59.2 Å². The fourth-order valence-electron chi connectivity index (χ4n) is 3.19. The lowest BCUT2D eigenvalue weighted by Crippen LogP contribution is -2.38. The van der Waals surface area contributed by atoms with Crippen molar-refractivity contribution in [3.63, 3.8) is 0 Å². The number of unbranched alkanes of at least 4 members (excludes halogenated alkanes) is 1. The van der Waals surface area contributed by atoms with Crippen LogP contribution in [-0.4, -0.2) is 39.6 Å². The highest BCUT2D eigenvalue weighted by Crippen LogP contribution is 2.27. The number of benzene rings is 1. The van der Waals surface area contributed by atoms with E-state index < -0.39 is 0 Å². The van der Waals surface area contributed by atoms with Gasteiger partial charge in [-0.15, -0.1) is 0 Å². The molecule has 0 saturated heterocycles. The Kier molecular flexibility index (Phi) is 8.21. The lowest BCUT2D eigenvalue weighted by Gasteiger charge is -2.22. The Hall–Kier alpha value is -2.63. The van der Waals surface area contributed by atoms with Gasteiger partial charge in [-0.3, -0.25) is 9.59 Å². The number of amides is 2. The summed E-state index contributed by atoms with van der Waals surface area (Å²) in [6.45, 7) is 13.0. The van der Waals surface area contributed by atoms with Gasteiger partial charge in [0.1, 0.15) is 5.82 Å². The Labute approximate surface area is 180 Å². The number of aryl methyl sites for hydroxylation is 1. The number of carbonyl (C=O) groups excluding carboxylic acids is 2. The molecule has 0 aliphatic rings. The van der Waals surface area contributed by atoms with Gasteiger partial charge in [-0.05, 0) is 31.4 Å². The van der Waals surface area contributed by atoms with Gasteiger partial charge in [0, 0.05) is 24.4 Å².